The number of benzene rings is 2. The lowest BCUT2D eigenvalue weighted by Gasteiger charge is -2.08. The molecule has 1 saturated carbocycles. The number of amides is 1. The molecule has 1 aliphatic carbocycles. The van der Waals surface area contributed by atoms with Crippen molar-refractivity contribution in [2.45, 2.75) is 25.5 Å². The van der Waals surface area contributed by atoms with Crippen LogP contribution in [0.2, 0.25) is 0 Å². The molecule has 1 fully saturated rings. The summed E-state index contributed by atoms with van der Waals surface area (Å²) in [4.78, 5) is 28.7. The first kappa shape index (κ1) is 18.7. The second-order valence-electron chi connectivity index (χ2n) is 6.94. The van der Waals surface area contributed by atoms with Crippen LogP contribution >= 0.6 is 0 Å². The van der Waals surface area contributed by atoms with Gasteiger partial charge in [0.2, 0.25) is 0 Å². The number of para-hydroxylation sites is 1. The van der Waals surface area contributed by atoms with E-state index in [1.165, 1.54) is 6.20 Å². The number of carbonyl (C=O) groups is 2. The molecule has 0 bridgehead atoms. The maximum absolute atomic E-state index is 12.3. The maximum Gasteiger partial charge on any atom is 0.340 e. The lowest BCUT2D eigenvalue weighted by atomic mass is 10.1. The van der Waals surface area contributed by atoms with Crippen molar-refractivity contribution in [2.24, 2.45) is 0 Å². The van der Waals surface area contributed by atoms with Crippen LogP contribution in [0.4, 0.5) is 11.5 Å². The van der Waals surface area contributed by atoms with E-state index in [1.54, 1.807) is 36.4 Å². The number of anilines is 2. The van der Waals surface area contributed by atoms with Gasteiger partial charge in [-0.05, 0) is 54.8 Å². The molecule has 4 rings (SSSR count). The van der Waals surface area contributed by atoms with Gasteiger partial charge in [-0.15, -0.1) is 0 Å². The van der Waals surface area contributed by atoms with Gasteiger partial charge in [-0.25, -0.2) is 9.78 Å². The number of ether oxygens (including phenoxy) is 1. The Kier molecular flexibility index (Phi) is 5.52. The van der Waals surface area contributed by atoms with Crippen molar-refractivity contribution >= 4 is 23.4 Å². The summed E-state index contributed by atoms with van der Waals surface area (Å²) in [5.41, 5.74) is 2.48. The van der Waals surface area contributed by atoms with Gasteiger partial charge in [0, 0.05) is 23.5 Å². The third kappa shape index (κ3) is 5.19. The summed E-state index contributed by atoms with van der Waals surface area (Å²) in [6, 6.07) is 20.2. The number of aromatic nitrogens is 1. The number of rotatable bonds is 7. The van der Waals surface area contributed by atoms with Gasteiger partial charge in [-0.1, -0.05) is 30.3 Å². The standard InChI is InChI=1S/C23H21N3O3/c27-22(26-19-4-2-1-3-5-19)17-8-6-16(7-9-17)15-29-23(28)18-10-13-21(24-14-18)25-20-11-12-20/h1-10,13-14,20H,11-12,15H2,(H,24,25)(H,26,27). The molecule has 2 aromatic carbocycles. The van der Waals surface area contributed by atoms with E-state index in [0.29, 0.717) is 17.2 Å². The van der Waals surface area contributed by atoms with Crippen LogP contribution in [0.3, 0.4) is 0 Å². The molecule has 3 aromatic rings. The fraction of sp³-hybridized carbons (Fsp3) is 0.174. The van der Waals surface area contributed by atoms with Crippen LogP contribution in [-0.2, 0) is 11.3 Å². The molecular weight excluding hydrogens is 366 g/mol. The van der Waals surface area contributed by atoms with Crippen molar-refractivity contribution < 1.29 is 14.3 Å². The third-order valence-corrected chi connectivity index (χ3v) is 4.55. The second kappa shape index (κ2) is 8.56. The molecular formula is C23H21N3O3. The molecule has 0 spiro atoms. The second-order valence-corrected chi connectivity index (χ2v) is 6.94. The molecule has 1 heterocycles. The van der Waals surface area contributed by atoms with Crippen LogP contribution in [-0.4, -0.2) is 22.9 Å². The monoisotopic (exact) mass is 387 g/mol. The number of nitrogens with zero attached hydrogens (tertiary/aromatic N) is 1. The first-order valence-electron chi connectivity index (χ1n) is 9.52. The first-order chi connectivity index (χ1) is 14.2. The normalized spacial score (nSPS) is 12.8. The molecule has 1 aromatic heterocycles. The lowest BCUT2D eigenvalue weighted by Crippen LogP contribution is -2.12. The highest BCUT2D eigenvalue weighted by Crippen LogP contribution is 2.23. The summed E-state index contributed by atoms with van der Waals surface area (Å²) in [5.74, 6) is 0.153. The molecule has 0 unspecified atom stereocenters. The van der Waals surface area contributed by atoms with Gasteiger partial charge >= 0.3 is 5.97 Å². The van der Waals surface area contributed by atoms with Crippen LogP contribution in [0.5, 0.6) is 0 Å². The topological polar surface area (TPSA) is 80.3 Å². The van der Waals surface area contributed by atoms with E-state index in [2.05, 4.69) is 15.6 Å². The Morgan fingerprint density at radius 1 is 0.931 bits per heavy atom. The summed E-state index contributed by atoms with van der Waals surface area (Å²) < 4.78 is 5.34. The SMILES string of the molecule is O=C(Nc1ccccc1)c1ccc(COC(=O)c2ccc(NC3CC3)nc2)cc1. The summed E-state index contributed by atoms with van der Waals surface area (Å²) in [6.07, 6.45) is 3.85. The summed E-state index contributed by atoms with van der Waals surface area (Å²) in [7, 11) is 0. The van der Waals surface area contributed by atoms with E-state index in [0.717, 1.165) is 29.9 Å². The van der Waals surface area contributed by atoms with Gasteiger partial charge in [0.25, 0.3) is 5.91 Å². The molecule has 29 heavy (non-hydrogen) atoms. The largest absolute Gasteiger partial charge is 0.457 e. The zero-order valence-corrected chi connectivity index (χ0v) is 15.8. The molecule has 2 N–H and O–H groups in total. The van der Waals surface area contributed by atoms with Crippen molar-refractivity contribution in [3.63, 3.8) is 0 Å². The molecule has 6 nitrogen and oxygen atoms in total. The summed E-state index contributed by atoms with van der Waals surface area (Å²) in [6.45, 7) is 0.126. The van der Waals surface area contributed by atoms with E-state index in [-0.39, 0.29) is 12.5 Å². The fourth-order valence-corrected chi connectivity index (χ4v) is 2.75. The van der Waals surface area contributed by atoms with Crippen molar-refractivity contribution in [1.29, 1.82) is 0 Å². The Hall–Kier alpha value is -3.67. The van der Waals surface area contributed by atoms with Crippen molar-refractivity contribution in [2.75, 3.05) is 10.6 Å². The van der Waals surface area contributed by atoms with Crippen LogP contribution in [0.25, 0.3) is 0 Å². The molecule has 0 aliphatic heterocycles. The molecule has 0 atom stereocenters. The third-order valence-electron chi connectivity index (χ3n) is 4.55. The van der Waals surface area contributed by atoms with Crippen molar-refractivity contribution in [3.05, 3.63) is 89.6 Å². The van der Waals surface area contributed by atoms with Crippen molar-refractivity contribution in [3.8, 4) is 0 Å². The van der Waals surface area contributed by atoms with Gasteiger partial charge in [-0.3, -0.25) is 4.79 Å². The van der Waals surface area contributed by atoms with Crippen molar-refractivity contribution in [1.82, 2.24) is 4.98 Å². The number of esters is 1. The smallest absolute Gasteiger partial charge is 0.340 e. The van der Waals surface area contributed by atoms with Gasteiger partial charge in [0.05, 0.1) is 5.56 Å². The minimum Gasteiger partial charge on any atom is -0.457 e. The van der Waals surface area contributed by atoms with E-state index in [9.17, 15) is 9.59 Å². The van der Waals surface area contributed by atoms with E-state index >= 15 is 0 Å². The Balaban J connectivity index is 1.29. The predicted molar refractivity (Wildman–Crippen MR) is 111 cm³/mol. The highest BCUT2D eigenvalue weighted by molar-refractivity contribution is 6.04. The summed E-state index contributed by atoms with van der Waals surface area (Å²) >= 11 is 0. The summed E-state index contributed by atoms with van der Waals surface area (Å²) in [5, 5.41) is 6.11. The molecule has 1 aliphatic rings. The number of hydrogen-bond acceptors (Lipinski definition) is 5. The van der Waals surface area contributed by atoms with E-state index < -0.39 is 5.97 Å². The van der Waals surface area contributed by atoms with Crippen LogP contribution in [0.1, 0.15) is 39.1 Å². The maximum atomic E-state index is 12.3. The zero-order chi connectivity index (χ0) is 20.1. The molecule has 146 valence electrons. The number of nitrogens with one attached hydrogen (secondary N) is 2. The van der Waals surface area contributed by atoms with Gasteiger partial charge in [0.1, 0.15) is 12.4 Å². The lowest BCUT2D eigenvalue weighted by molar-refractivity contribution is 0.0472. The fourth-order valence-electron chi connectivity index (χ4n) is 2.75. The van der Waals surface area contributed by atoms with Crippen LogP contribution < -0.4 is 10.6 Å². The average Bonchev–Trinajstić information content (AvgIpc) is 3.57. The van der Waals surface area contributed by atoms with Crippen LogP contribution in [0.15, 0.2) is 72.9 Å². The predicted octanol–water partition coefficient (Wildman–Crippen LogP) is 4.27. The molecule has 6 heteroatoms. The highest BCUT2D eigenvalue weighted by Gasteiger charge is 2.21. The van der Waals surface area contributed by atoms with Gasteiger partial charge < -0.3 is 15.4 Å². The molecule has 0 saturated heterocycles. The Morgan fingerprint density at radius 2 is 1.66 bits per heavy atom. The Bertz CT molecular complexity index is 982. The Morgan fingerprint density at radius 3 is 2.31 bits per heavy atom. The number of hydrogen-bond donors (Lipinski definition) is 2. The zero-order valence-electron chi connectivity index (χ0n) is 15.8. The molecule has 0 radical (unpaired) electrons. The van der Waals surface area contributed by atoms with E-state index in [4.69, 9.17) is 4.74 Å². The Labute approximate surface area is 168 Å². The quantitative estimate of drug-likeness (QED) is 0.592. The highest BCUT2D eigenvalue weighted by atomic mass is 16.5. The average molecular weight is 387 g/mol. The number of pyridine rings is 1. The molecule has 1 amide bonds. The van der Waals surface area contributed by atoms with E-state index in [1.807, 2.05) is 30.3 Å². The minimum atomic E-state index is -0.429. The van der Waals surface area contributed by atoms with Gasteiger partial charge in [-0.2, -0.15) is 0 Å². The first-order valence-corrected chi connectivity index (χ1v) is 9.52. The van der Waals surface area contributed by atoms with Gasteiger partial charge in [0.15, 0.2) is 0 Å². The minimum absolute atomic E-state index is 0.126. The van der Waals surface area contributed by atoms with Crippen LogP contribution in [0, 0.1) is 0 Å². The number of carbonyl (C=O) groups excluding carboxylic acids is 2.